The highest BCUT2D eigenvalue weighted by Crippen LogP contribution is 2.30. The van der Waals surface area contributed by atoms with Crippen molar-refractivity contribution in [3.05, 3.63) is 95.6 Å². The van der Waals surface area contributed by atoms with Crippen LogP contribution in [0.5, 0.6) is 11.5 Å². The fourth-order valence-electron chi connectivity index (χ4n) is 2.97. The van der Waals surface area contributed by atoms with E-state index >= 15 is 0 Å². The first-order chi connectivity index (χ1) is 14.0. The highest BCUT2D eigenvalue weighted by Gasteiger charge is 2.39. The van der Waals surface area contributed by atoms with Crippen LogP contribution in [0.25, 0.3) is 0 Å². The molecule has 6 nitrogen and oxygen atoms in total. The molecule has 3 rings (SSSR count). The van der Waals surface area contributed by atoms with Crippen LogP contribution in [0.2, 0.25) is 0 Å². The summed E-state index contributed by atoms with van der Waals surface area (Å²) in [7, 11) is 1.45. The molecular formula is C23H22N2O4. The SMILES string of the molecule is COc1cc(/C(C)=N\NC(=O)C(O)(c2ccccc2)c2ccccc2)ccc1O. The molecule has 3 N–H and O–H groups in total. The molecule has 0 heterocycles. The summed E-state index contributed by atoms with van der Waals surface area (Å²) in [6.45, 7) is 1.70. The lowest BCUT2D eigenvalue weighted by Gasteiger charge is -2.27. The summed E-state index contributed by atoms with van der Waals surface area (Å²) in [6.07, 6.45) is 0. The molecule has 0 unspecified atom stereocenters. The Labute approximate surface area is 169 Å². The third-order valence-electron chi connectivity index (χ3n) is 4.63. The minimum Gasteiger partial charge on any atom is -0.504 e. The Hall–Kier alpha value is -3.64. The molecule has 0 aromatic heterocycles. The molecule has 0 saturated heterocycles. The zero-order valence-electron chi connectivity index (χ0n) is 16.2. The topological polar surface area (TPSA) is 91.2 Å². The van der Waals surface area contributed by atoms with Crippen LogP contribution < -0.4 is 10.2 Å². The van der Waals surface area contributed by atoms with E-state index in [1.165, 1.54) is 13.2 Å². The highest BCUT2D eigenvalue weighted by atomic mass is 16.5. The number of nitrogens with zero attached hydrogens (tertiary/aromatic N) is 1. The van der Waals surface area contributed by atoms with Gasteiger partial charge in [0.1, 0.15) is 0 Å². The third-order valence-corrected chi connectivity index (χ3v) is 4.63. The molecule has 6 heteroatoms. The first-order valence-electron chi connectivity index (χ1n) is 9.02. The zero-order valence-corrected chi connectivity index (χ0v) is 16.2. The molecular weight excluding hydrogens is 368 g/mol. The van der Waals surface area contributed by atoms with Gasteiger partial charge in [-0.2, -0.15) is 5.10 Å². The molecule has 0 bridgehead atoms. The lowest BCUT2D eigenvalue weighted by molar-refractivity contribution is -0.136. The number of phenols is 1. The van der Waals surface area contributed by atoms with Gasteiger partial charge in [0.2, 0.25) is 0 Å². The fraction of sp³-hybridized carbons (Fsp3) is 0.130. The van der Waals surface area contributed by atoms with Crippen LogP contribution in [-0.2, 0) is 10.4 Å². The Morgan fingerprint density at radius 1 is 0.966 bits per heavy atom. The van der Waals surface area contributed by atoms with E-state index in [0.717, 1.165) is 0 Å². The number of benzene rings is 3. The van der Waals surface area contributed by atoms with Gasteiger partial charge in [0.15, 0.2) is 17.1 Å². The summed E-state index contributed by atoms with van der Waals surface area (Å²) < 4.78 is 5.10. The number of hydrazone groups is 1. The van der Waals surface area contributed by atoms with E-state index in [9.17, 15) is 15.0 Å². The number of nitrogens with one attached hydrogen (secondary N) is 1. The number of ether oxygens (including phenoxy) is 1. The summed E-state index contributed by atoms with van der Waals surface area (Å²) in [4.78, 5) is 13.0. The van der Waals surface area contributed by atoms with Crippen molar-refractivity contribution in [2.45, 2.75) is 12.5 Å². The van der Waals surface area contributed by atoms with Crippen molar-refractivity contribution in [3.63, 3.8) is 0 Å². The Morgan fingerprint density at radius 2 is 1.52 bits per heavy atom. The molecule has 0 spiro atoms. The highest BCUT2D eigenvalue weighted by molar-refractivity contribution is 6.00. The first-order valence-corrected chi connectivity index (χ1v) is 9.02. The number of phenolic OH excluding ortho intramolecular Hbond substituents is 1. The Balaban J connectivity index is 1.92. The van der Waals surface area contributed by atoms with Crippen molar-refractivity contribution in [3.8, 4) is 11.5 Å². The van der Waals surface area contributed by atoms with Crippen molar-refractivity contribution in [2.24, 2.45) is 5.10 Å². The van der Waals surface area contributed by atoms with Gasteiger partial charge in [-0.25, -0.2) is 5.43 Å². The molecule has 3 aromatic carbocycles. The van der Waals surface area contributed by atoms with Crippen molar-refractivity contribution < 1.29 is 19.7 Å². The molecule has 0 aliphatic heterocycles. The summed E-state index contributed by atoms with van der Waals surface area (Å²) in [5, 5.41) is 25.3. The van der Waals surface area contributed by atoms with Crippen LogP contribution in [0.1, 0.15) is 23.6 Å². The smallest absolute Gasteiger partial charge is 0.281 e. The Kier molecular flexibility index (Phi) is 5.95. The van der Waals surface area contributed by atoms with E-state index < -0.39 is 11.5 Å². The monoisotopic (exact) mass is 390 g/mol. The maximum Gasteiger partial charge on any atom is 0.281 e. The third kappa shape index (κ3) is 4.12. The number of carbonyl (C=O) groups excluding carboxylic acids is 1. The first kappa shape index (κ1) is 20.1. The maximum absolute atomic E-state index is 13.0. The van der Waals surface area contributed by atoms with Gasteiger partial charge in [-0.05, 0) is 36.2 Å². The van der Waals surface area contributed by atoms with E-state index in [1.807, 2.05) is 12.1 Å². The Bertz CT molecular complexity index is 978. The second-order valence-corrected chi connectivity index (χ2v) is 6.47. The number of rotatable bonds is 6. The van der Waals surface area contributed by atoms with Crippen LogP contribution in [0.3, 0.4) is 0 Å². The van der Waals surface area contributed by atoms with Crippen LogP contribution in [0, 0.1) is 0 Å². The number of methoxy groups -OCH3 is 1. The van der Waals surface area contributed by atoms with E-state index in [-0.39, 0.29) is 5.75 Å². The molecule has 0 aliphatic carbocycles. The van der Waals surface area contributed by atoms with Crippen molar-refractivity contribution >= 4 is 11.6 Å². The number of aromatic hydroxyl groups is 1. The quantitative estimate of drug-likeness (QED) is 0.445. The minimum atomic E-state index is -1.90. The molecule has 1 amide bonds. The van der Waals surface area contributed by atoms with Gasteiger partial charge in [-0.15, -0.1) is 0 Å². The van der Waals surface area contributed by atoms with Gasteiger partial charge in [0, 0.05) is 5.56 Å². The van der Waals surface area contributed by atoms with Gasteiger partial charge in [0.25, 0.3) is 5.91 Å². The van der Waals surface area contributed by atoms with Crippen LogP contribution in [0.15, 0.2) is 84.0 Å². The lowest BCUT2D eigenvalue weighted by atomic mass is 9.85. The van der Waals surface area contributed by atoms with E-state index in [1.54, 1.807) is 67.6 Å². The standard InChI is InChI=1S/C23H22N2O4/c1-16(17-13-14-20(26)21(15-17)29-2)24-25-22(27)23(28,18-9-5-3-6-10-18)19-11-7-4-8-12-19/h3-15,26,28H,1-2H3,(H,25,27)/b24-16-. The predicted molar refractivity (Wildman–Crippen MR) is 111 cm³/mol. The molecule has 29 heavy (non-hydrogen) atoms. The maximum atomic E-state index is 13.0. The molecule has 3 aromatic rings. The number of hydrogen-bond donors (Lipinski definition) is 3. The average molecular weight is 390 g/mol. The van der Waals surface area contributed by atoms with Crippen molar-refractivity contribution in [2.75, 3.05) is 7.11 Å². The van der Waals surface area contributed by atoms with E-state index in [2.05, 4.69) is 10.5 Å². The second-order valence-electron chi connectivity index (χ2n) is 6.47. The summed E-state index contributed by atoms with van der Waals surface area (Å²) in [6, 6.07) is 22.2. The number of hydrogen-bond acceptors (Lipinski definition) is 5. The van der Waals surface area contributed by atoms with Gasteiger partial charge < -0.3 is 14.9 Å². The average Bonchev–Trinajstić information content (AvgIpc) is 2.78. The molecule has 0 radical (unpaired) electrons. The summed E-state index contributed by atoms with van der Waals surface area (Å²) >= 11 is 0. The van der Waals surface area contributed by atoms with Gasteiger partial charge >= 0.3 is 0 Å². The van der Waals surface area contributed by atoms with Crippen molar-refractivity contribution in [1.29, 1.82) is 0 Å². The van der Waals surface area contributed by atoms with Gasteiger partial charge in [-0.3, -0.25) is 4.79 Å². The zero-order chi connectivity index (χ0) is 20.9. The summed E-state index contributed by atoms with van der Waals surface area (Å²) in [5.74, 6) is -0.371. The molecule has 0 fully saturated rings. The normalized spacial score (nSPS) is 11.8. The van der Waals surface area contributed by atoms with Gasteiger partial charge in [-0.1, -0.05) is 60.7 Å². The Morgan fingerprint density at radius 3 is 2.03 bits per heavy atom. The van der Waals surface area contributed by atoms with E-state index in [4.69, 9.17) is 4.74 Å². The van der Waals surface area contributed by atoms with Crippen LogP contribution in [0.4, 0.5) is 0 Å². The van der Waals surface area contributed by atoms with Crippen LogP contribution >= 0.6 is 0 Å². The number of amides is 1. The fourth-order valence-corrected chi connectivity index (χ4v) is 2.97. The predicted octanol–water partition coefficient (Wildman–Crippen LogP) is 3.18. The number of carbonyl (C=O) groups is 1. The van der Waals surface area contributed by atoms with Crippen LogP contribution in [-0.4, -0.2) is 28.9 Å². The summed E-state index contributed by atoms with van der Waals surface area (Å²) in [5.41, 5.74) is 2.57. The molecule has 0 aliphatic rings. The minimum absolute atomic E-state index is 0.00983. The number of aliphatic hydroxyl groups is 1. The molecule has 0 saturated carbocycles. The van der Waals surface area contributed by atoms with E-state index in [0.29, 0.717) is 28.2 Å². The van der Waals surface area contributed by atoms with Crippen molar-refractivity contribution in [1.82, 2.24) is 5.43 Å². The second kappa shape index (κ2) is 8.58. The lowest BCUT2D eigenvalue weighted by Crippen LogP contribution is -2.43. The van der Waals surface area contributed by atoms with Gasteiger partial charge in [0.05, 0.1) is 12.8 Å². The largest absolute Gasteiger partial charge is 0.504 e. The molecule has 0 atom stereocenters. The molecule has 148 valence electrons.